The molecular weight excluding hydrogens is 348 g/mol. The number of nitrogens with one attached hydrogen (secondary N) is 2. The number of pyridine rings is 1. The number of halogens is 1. The number of aromatic nitrogens is 1. The van der Waals surface area contributed by atoms with Gasteiger partial charge in [-0.15, -0.1) is 0 Å². The van der Waals surface area contributed by atoms with Crippen LogP contribution in [0.3, 0.4) is 0 Å². The maximum Gasteiger partial charge on any atom is 0.262 e. The van der Waals surface area contributed by atoms with Crippen LogP contribution < -0.4 is 14.9 Å². The molecule has 1 fully saturated rings. The molecule has 0 amide bonds. The summed E-state index contributed by atoms with van der Waals surface area (Å²) in [6.07, 6.45) is 1.54. The number of hydrogen-bond donors (Lipinski definition) is 2. The van der Waals surface area contributed by atoms with Gasteiger partial charge in [-0.1, -0.05) is 17.7 Å². The van der Waals surface area contributed by atoms with Gasteiger partial charge in [0.1, 0.15) is 5.82 Å². The summed E-state index contributed by atoms with van der Waals surface area (Å²) in [6, 6.07) is 8.37. The minimum Gasteiger partial charge on any atom is -0.354 e. The van der Waals surface area contributed by atoms with E-state index < -0.39 is 10.0 Å². The van der Waals surface area contributed by atoms with Crippen molar-refractivity contribution < 1.29 is 8.42 Å². The zero-order valence-corrected chi connectivity index (χ0v) is 14.9. The van der Waals surface area contributed by atoms with E-state index in [1.54, 1.807) is 25.1 Å². The molecule has 1 aromatic carbocycles. The van der Waals surface area contributed by atoms with Crippen LogP contribution in [-0.4, -0.2) is 39.6 Å². The van der Waals surface area contributed by atoms with Crippen molar-refractivity contribution in [2.75, 3.05) is 35.8 Å². The van der Waals surface area contributed by atoms with E-state index in [9.17, 15) is 8.42 Å². The van der Waals surface area contributed by atoms with Crippen LogP contribution in [0.25, 0.3) is 0 Å². The van der Waals surface area contributed by atoms with Crippen LogP contribution in [0.5, 0.6) is 0 Å². The van der Waals surface area contributed by atoms with Crippen LogP contribution >= 0.6 is 11.6 Å². The molecule has 3 rings (SSSR count). The standard InChI is InChI=1S/C16H19ClN4O2S/c1-12-14(17)3-2-4-15(12)24(22,23)20-13-5-6-16(19-11-13)21-9-7-18-8-10-21/h2-6,11,18,20H,7-10H2,1H3. The SMILES string of the molecule is Cc1c(Cl)cccc1S(=O)(=O)Nc1ccc(N2CCNCC2)nc1. The molecule has 1 saturated heterocycles. The third-order valence-corrected chi connectivity index (χ3v) is 5.88. The summed E-state index contributed by atoms with van der Waals surface area (Å²) in [5, 5.41) is 3.70. The fourth-order valence-corrected chi connectivity index (χ4v) is 4.16. The van der Waals surface area contributed by atoms with E-state index in [0.717, 1.165) is 32.0 Å². The average Bonchev–Trinajstić information content (AvgIpc) is 2.58. The Labute approximate surface area is 146 Å². The lowest BCUT2D eigenvalue weighted by Gasteiger charge is -2.28. The molecule has 1 aliphatic rings. The molecular formula is C16H19ClN4O2S. The molecule has 0 unspecified atom stereocenters. The number of sulfonamides is 1. The Balaban J connectivity index is 1.79. The topological polar surface area (TPSA) is 74.3 Å². The van der Waals surface area contributed by atoms with Gasteiger partial charge in [0.05, 0.1) is 16.8 Å². The Kier molecular flexibility index (Phi) is 4.93. The molecule has 0 atom stereocenters. The zero-order valence-electron chi connectivity index (χ0n) is 13.3. The summed E-state index contributed by atoms with van der Waals surface area (Å²) >= 11 is 6.01. The van der Waals surface area contributed by atoms with E-state index >= 15 is 0 Å². The molecule has 1 aromatic heterocycles. The summed E-state index contributed by atoms with van der Waals surface area (Å²) < 4.78 is 27.6. The Morgan fingerprint density at radius 3 is 2.62 bits per heavy atom. The van der Waals surface area contributed by atoms with Crippen molar-refractivity contribution in [1.82, 2.24) is 10.3 Å². The molecule has 2 heterocycles. The second kappa shape index (κ2) is 6.96. The van der Waals surface area contributed by atoms with Crippen molar-refractivity contribution in [3.8, 4) is 0 Å². The molecule has 2 N–H and O–H groups in total. The molecule has 24 heavy (non-hydrogen) atoms. The normalized spacial score (nSPS) is 15.3. The first-order valence-electron chi connectivity index (χ1n) is 7.67. The first kappa shape index (κ1) is 17.0. The van der Waals surface area contributed by atoms with Crippen LogP contribution in [0.1, 0.15) is 5.56 Å². The van der Waals surface area contributed by atoms with Crippen molar-refractivity contribution >= 4 is 33.1 Å². The molecule has 128 valence electrons. The Bertz CT molecular complexity index is 818. The number of anilines is 2. The van der Waals surface area contributed by atoms with E-state index in [-0.39, 0.29) is 4.90 Å². The predicted octanol–water partition coefficient (Wildman–Crippen LogP) is 2.25. The van der Waals surface area contributed by atoms with Gasteiger partial charge >= 0.3 is 0 Å². The Morgan fingerprint density at radius 1 is 1.21 bits per heavy atom. The van der Waals surface area contributed by atoms with Gasteiger partial charge in [0, 0.05) is 31.2 Å². The van der Waals surface area contributed by atoms with Gasteiger partial charge in [0.2, 0.25) is 0 Å². The third kappa shape index (κ3) is 3.63. The highest BCUT2D eigenvalue weighted by Crippen LogP contribution is 2.25. The largest absolute Gasteiger partial charge is 0.354 e. The summed E-state index contributed by atoms with van der Waals surface area (Å²) in [4.78, 5) is 6.70. The summed E-state index contributed by atoms with van der Waals surface area (Å²) in [7, 11) is -3.70. The summed E-state index contributed by atoms with van der Waals surface area (Å²) in [5.41, 5.74) is 0.949. The van der Waals surface area contributed by atoms with Crippen molar-refractivity contribution in [2.24, 2.45) is 0 Å². The molecule has 2 aromatic rings. The zero-order chi connectivity index (χ0) is 17.2. The molecule has 0 saturated carbocycles. The molecule has 8 heteroatoms. The van der Waals surface area contributed by atoms with E-state index in [0.29, 0.717) is 16.3 Å². The van der Waals surface area contributed by atoms with Crippen LogP contribution in [0, 0.1) is 6.92 Å². The highest BCUT2D eigenvalue weighted by atomic mass is 35.5. The van der Waals surface area contributed by atoms with Gasteiger partial charge in [-0.05, 0) is 36.8 Å². The minimum absolute atomic E-state index is 0.168. The van der Waals surface area contributed by atoms with Gasteiger partial charge in [-0.3, -0.25) is 4.72 Å². The van der Waals surface area contributed by atoms with Gasteiger partial charge < -0.3 is 10.2 Å². The van der Waals surface area contributed by atoms with Crippen LogP contribution in [0.4, 0.5) is 11.5 Å². The van der Waals surface area contributed by atoms with Crippen molar-refractivity contribution in [1.29, 1.82) is 0 Å². The lowest BCUT2D eigenvalue weighted by Crippen LogP contribution is -2.43. The Hall–Kier alpha value is -1.83. The number of piperazine rings is 1. The monoisotopic (exact) mass is 366 g/mol. The quantitative estimate of drug-likeness (QED) is 0.868. The molecule has 1 aliphatic heterocycles. The number of rotatable bonds is 4. The lowest BCUT2D eigenvalue weighted by molar-refractivity contribution is 0.585. The van der Waals surface area contributed by atoms with E-state index in [4.69, 9.17) is 11.6 Å². The van der Waals surface area contributed by atoms with Gasteiger partial charge in [-0.25, -0.2) is 13.4 Å². The van der Waals surface area contributed by atoms with Crippen LogP contribution in [-0.2, 0) is 10.0 Å². The smallest absolute Gasteiger partial charge is 0.262 e. The third-order valence-electron chi connectivity index (χ3n) is 3.95. The fourth-order valence-electron chi connectivity index (χ4n) is 2.62. The summed E-state index contributed by atoms with van der Waals surface area (Å²) in [6.45, 7) is 5.30. The fraction of sp³-hybridized carbons (Fsp3) is 0.312. The maximum absolute atomic E-state index is 12.5. The molecule has 6 nitrogen and oxygen atoms in total. The van der Waals surface area contributed by atoms with Crippen molar-refractivity contribution in [3.05, 3.63) is 47.1 Å². The van der Waals surface area contributed by atoms with Crippen LogP contribution in [0.2, 0.25) is 5.02 Å². The van der Waals surface area contributed by atoms with Gasteiger partial charge in [-0.2, -0.15) is 0 Å². The molecule has 0 radical (unpaired) electrons. The average molecular weight is 367 g/mol. The van der Waals surface area contributed by atoms with Gasteiger partial charge in [0.15, 0.2) is 0 Å². The number of benzene rings is 1. The predicted molar refractivity (Wildman–Crippen MR) is 96.3 cm³/mol. The van der Waals surface area contributed by atoms with E-state index in [1.165, 1.54) is 12.3 Å². The van der Waals surface area contributed by atoms with Crippen molar-refractivity contribution in [2.45, 2.75) is 11.8 Å². The second-order valence-corrected chi connectivity index (χ2v) is 7.67. The highest BCUT2D eigenvalue weighted by molar-refractivity contribution is 7.92. The van der Waals surface area contributed by atoms with E-state index in [2.05, 4.69) is 19.9 Å². The highest BCUT2D eigenvalue weighted by Gasteiger charge is 2.19. The first-order valence-corrected chi connectivity index (χ1v) is 9.53. The molecule has 0 aliphatic carbocycles. The Morgan fingerprint density at radius 2 is 1.96 bits per heavy atom. The molecule has 0 spiro atoms. The van der Waals surface area contributed by atoms with E-state index in [1.807, 2.05) is 6.07 Å². The maximum atomic E-state index is 12.5. The number of hydrogen-bond acceptors (Lipinski definition) is 5. The lowest BCUT2D eigenvalue weighted by atomic mass is 10.2. The van der Waals surface area contributed by atoms with Crippen LogP contribution in [0.15, 0.2) is 41.4 Å². The number of nitrogens with zero attached hydrogens (tertiary/aromatic N) is 2. The first-order chi connectivity index (χ1) is 11.5. The van der Waals surface area contributed by atoms with Gasteiger partial charge in [0.25, 0.3) is 10.0 Å². The second-order valence-electron chi connectivity index (χ2n) is 5.61. The molecule has 0 bridgehead atoms. The van der Waals surface area contributed by atoms with Crippen molar-refractivity contribution in [3.63, 3.8) is 0 Å². The summed E-state index contributed by atoms with van der Waals surface area (Å²) in [5.74, 6) is 0.846. The minimum atomic E-state index is -3.70.